The van der Waals surface area contributed by atoms with Crippen molar-refractivity contribution in [2.45, 2.75) is 12.8 Å². The molecule has 0 unspecified atom stereocenters. The van der Waals surface area contributed by atoms with E-state index in [0.717, 1.165) is 29.7 Å². The molecule has 0 saturated heterocycles. The molecule has 3 aromatic rings. The number of hydrogen-bond acceptors (Lipinski definition) is 2. The Morgan fingerprint density at radius 1 is 0.852 bits per heavy atom. The van der Waals surface area contributed by atoms with Crippen molar-refractivity contribution in [3.05, 3.63) is 101 Å². The highest BCUT2D eigenvalue weighted by Crippen LogP contribution is 2.21. The second kappa shape index (κ2) is 9.79. The Hall–Kier alpha value is -2.78. The van der Waals surface area contributed by atoms with E-state index in [2.05, 4.69) is 17.4 Å². The summed E-state index contributed by atoms with van der Waals surface area (Å²) in [7, 11) is 0. The monoisotopic (exact) mass is 379 g/mol. The van der Waals surface area contributed by atoms with E-state index in [-0.39, 0.29) is 12.5 Å². The summed E-state index contributed by atoms with van der Waals surface area (Å²) in [4.78, 5) is 12.1. The quantitative estimate of drug-likeness (QED) is 0.617. The van der Waals surface area contributed by atoms with E-state index in [4.69, 9.17) is 16.3 Å². The molecule has 3 aromatic carbocycles. The van der Waals surface area contributed by atoms with Gasteiger partial charge in [0.15, 0.2) is 6.61 Å². The van der Waals surface area contributed by atoms with Crippen LogP contribution in [-0.4, -0.2) is 19.1 Å². The molecule has 0 bridgehead atoms. The van der Waals surface area contributed by atoms with Crippen LogP contribution in [0, 0.1) is 0 Å². The molecular weight excluding hydrogens is 358 g/mol. The molecule has 4 heteroatoms. The number of benzene rings is 3. The third-order valence-electron chi connectivity index (χ3n) is 4.22. The van der Waals surface area contributed by atoms with Crippen LogP contribution in [0.25, 0.3) is 0 Å². The zero-order chi connectivity index (χ0) is 18.9. The highest BCUT2D eigenvalue weighted by Gasteiger charge is 2.07. The topological polar surface area (TPSA) is 38.3 Å². The van der Waals surface area contributed by atoms with Crippen LogP contribution in [0.2, 0.25) is 5.02 Å². The summed E-state index contributed by atoms with van der Waals surface area (Å²) < 4.78 is 5.76. The van der Waals surface area contributed by atoms with E-state index in [9.17, 15) is 4.79 Å². The van der Waals surface area contributed by atoms with Crippen LogP contribution < -0.4 is 10.1 Å². The van der Waals surface area contributed by atoms with Gasteiger partial charge < -0.3 is 10.1 Å². The normalized spacial score (nSPS) is 10.4. The van der Waals surface area contributed by atoms with Crippen molar-refractivity contribution in [3.8, 4) is 5.75 Å². The number of carbonyl (C=O) groups excluding carboxylic acids is 1. The summed E-state index contributed by atoms with van der Waals surface area (Å²) in [6.45, 7) is 0.571. The fourth-order valence-electron chi connectivity index (χ4n) is 2.80. The molecule has 1 N–H and O–H groups in total. The molecule has 3 rings (SSSR count). The van der Waals surface area contributed by atoms with Crippen molar-refractivity contribution in [3.63, 3.8) is 0 Å². The van der Waals surface area contributed by atoms with Gasteiger partial charge in [0, 0.05) is 18.0 Å². The van der Waals surface area contributed by atoms with Gasteiger partial charge in [0.05, 0.1) is 0 Å². The minimum Gasteiger partial charge on any atom is -0.483 e. The minimum atomic E-state index is -0.126. The van der Waals surface area contributed by atoms with Crippen LogP contribution in [-0.2, 0) is 17.6 Å². The number of halogens is 1. The first kappa shape index (κ1) is 19.0. The Morgan fingerprint density at radius 2 is 1.56 bits per heavy atom. The third kappa shape index (κ3) is 6.15. The number of carbonyl (C=O) groups is 1. The van der Waals surface area contributed by atoms with Crippen molar-refractivity contribution in [1.82, 2.24) is 5.32 Å². The predicted molar refractivity (Wildman–Crippen MR) is 109 cm³/mol. The van der Waals surface area contributed by atoms with Crippen molar-refractivity contribution in [1.29, 1.82) is 0 Å². The first-order valence-electron chi connectivity index (χ1n) is 8.96. The number of para-hydroxylation sites is 1. The van der Waals surface area contributed by atoms with Gasteiger partial charge >= 0.3 is 0 Å². The molecule has 0 aliphatic rings. The van der Waals surface area contributed by atoms with E-state index >= 15 is 0 Å². The Bertz CT molecular complexity index is 863. The maximum Gasteiger partial charge on any atom is 0.257 e. The van der Waals surface area contributed by atoms with Gasteiger partial charge in [-0.25, -0.2) is 0 Å². The molecule has 138 valence electrons. The van der Waals surface area contributed by atoms with Gasteiger partial charge in [0.25, 0.3) is 5.91 Å². The van der Waals surface area contributed by atoms with Crippen LogP contribution in [0.5, 0.6) is 5.75 Å². The lowest BCUT2D eigenvalue weighted by molar-refractivity contribution is -0.123. The van der Waals surface area contributed by atoms with Crippen LogP contribution in [0.4, 0.5) is 0 Å². The SMILES string of the molecule is O=C(COc1ccccc1Cc1ccccc1)NCCc1ccc(Cl)cc1. The summed E-state index contributed by atoms with van der Waals surface area (Å²) in [5.41, 5.74) is 3.41. The Kier molecular flexibility index (Phi) is 6.89. The van der Waals surface area contributed by atoms with Gasteiger partial charge in [-0.3, -0.25) is 4.79 Å². The Morgan fingerprint density at radius 3 is 2.33 bits per heavy atom. The molecule has 3 nitrogen and oxygen atoms in total. The van der Waals surface area contributed by atoms with E-state index in [1.807, 2.05) is 66.7 Å². The maximum absolute atomic E-state index is 12.1. The largest absolute Gasteiger partial charge is 0.483 e. The van der Waals surface area contributed by atoms with Crippen LogP contribution in [0.3, 0.4) is 0 Å². The van der Waals surface area contributed by atoms with Crippen molar-refractivity contribution in [2.75, 3.05) is 13.2 Å². The summed E-state index contributed by atoms with van der Waals surface area (Å²) in [5.74, 6) is 0.618. The predicted octanol–water partition coefficient (Wildman–Crippen LogP) is 4.67. The fourth-order valence-corrected chi connectivity index (χ4v) is 2.92. The van der Waals surface area contributed by atoms with Crippen LogP contribution in [0.1, 0.15) is 16.7 Å². The molecule has 0 fully saturated rings. The zero-order valence-electron chi connectivity index (χ0n) is 15.0. The third-order valence-corrected chi connectivity index (χ3v) is 4.47. The Labute approximate surface area is 164 Å². The molecule has 0 radical (unpaired) electrons. The summed E-state index contributed by atoms with van der Waals surface area (Å²) in [5, 5.41) is 3.60. The van der Waals surface area contributed by atoms with Gasteiger partial charge in [0.2, 0.25) is 0 Å². The second-order valence-corrected chi connectivity index (χ2v) is 6.72. The number of rotatable bonds is 8. The maximum atomic E-state index is 12.1. The molecule has 0 aliphatic carbocycles. The van der Waals surface area contributed by atoms with Crippen molar-refractivity contribution < 1.29 is 9.53 Å². The molecular formula is C23H22ClNO2. The van der Waals surface area contributed by atoms with E-state index in [1.165, 1.54) is 5.56 Å². The van der Waals surface area contributed by atoms with E-state index < -0.39 is 0 Å². The highest BCUT2D eigenvalue weighted by atomic mass is 35.5. The smallest absolute Gasteiger partial charge is 0.257 e. The second-order valence-electron chi connectivity index (χ2n) is 6.29. The average molecular weight is 380 g/mol. The van der Waals surface area contributed by atoms with Crippen LogP contribution in [0.15, 0.2) is 78.9 Å². The van der Waals surface area contributed by atoms with Gasteiger partial charge in [-0.1, -0.05) is 72.3 Å². The molecule has 27 heavy (non-hydrogen) atoms. The molecule has 0 heterocycles. The summed E-state index contributed by atoms with van der Waals surface area (Å²) in [6.07, 6.45) is 1.53. The fraction of sp³-hybridized carbons (Fsp3) is 0.174. The van der Waals surface area contributed by atoms with Gasteiger partial charge in [0.1, 0.15) is 5.75 Å². The molecule has 0 spiro atoms. The standard InChI is InChI=1S/C23H22ClNO2/c24-21-12-10-18(11-13-21)14-15-25-23(26)17-27-22-9-5-4-8-20(22)16-19-6-2-1-3-7-19/h1-13H,14-17H2,(H,25,26). The summed E-state index contributed by atoms with van der Waals surface area (Å²) in [6, 6.07) is 25.7. The highest BCUT2D eigenvalue weighted by molar-refractivity contribution is 6.30. The van der Waals surface area contributed by atoms with E-state index in [1.54, 1.807) is 0 Å². The lowest BCUT2D eigenvalue weighted by atomic mass is 10.0. The van der Waals surface area contributed by atoms with E-state index in [0.29, 0.717) is 11.6 Å². The molecule has 0 aliphatic heterocycles. The number of ether oxygens (including phenoxy) is 1. The number of hydrogen-bond donors (Lipinski definition) is 1. The summed E-state index contributed by atoms with van der Waals surface area (Å²) >= 11 is 5.87. The first-order valence-corrected chi connectivity index (χ1v) is 9.34. The Balaban J connectivity index is 1.48. The lowest BCUT2D eigenvalue weighted by Crippen LogP contribution is -2.30. The average Bonchev–Trinajstić information content (AvgIpc) is 2.70. The zero-order valence-corrected chi connectivity index (χ0v) is 15.8. The number of amides is 1. The molecule has 0 aromatic heterocycles. The molecule has 1 amide bonds. The molecule has 0 saturated carbocycles. The molecule has 0 atom stereocenters. The van der Waals surface area contributed by atoms with Gasteiger partial charge in [-0.05, 0) is 41.3 Å². The van der Waals surface area contributed by atoms with Gasteiger partial charge in [-0.15, -0.1) is 0 Å². The first-order chi connectivity index (χ1) is 13.2. The van der Waals surface area contributed by atoms with Gasteiger partial charge in [-0.2, -0.15) is 0 Å². The van der Waals surface area contributed by atoms with Crippen molar-refractivity contribution in [2.24, 2.45) is 0 Å². The van der Waals surface area contributed by atoms with Crippen molar-refractivity contribution >= 4 is 17.5 Å². The minimum absolute atomic E-state index is 0.00637. The van der Waals surface area contributed by atoms with Crippen LogP contribution >= 0.6 is 11.6 Å². The lowest BCUT2D eigenvalue weighted by Gasteiger charge is -2.12. The number of nitrogens with one attached hydrogen (secondary N) is 1.